The van der Waals surface area contributed by atoms with Crippen LogP contribution in [0.3, 0.4) is 0 Å². The highest BCUT2D eigenvalue weighted by Crippen LogP contribution is 2.68. The van der Waals surface area contributed by atoms with Gasteiger partial charge in [0.2, 0.25) is 0 Å². The molecule has 0 heterocycles. The van der Waals surface area contributed by atoms with Crippen LogP contribution in [-0.2, 0) is 0 Å². The molecule has 0 nitrogen and oxygen atoms in total. The van der Waals surface area contributed by atoms with E-state index in [-0.39, 0.29) is 15.8 Å². The zero-order valence-electron chi connectivity index (χ0n) is 39.0. The minimum absolute atomic E-state index is 0.0174. The first-order valence-electron chi connectivity index (χ1n) is 26.2. The minimum Gasteiger partial charge on any atom is -0.100 e. The van der Waals surface area contributed by atoms with E-state index in [1.807, 2.05) is 0 Å². The molecule has 0 saturated heterocycles. The Morgan fingerprint density at radius 2 is 0.719 bits per heavy atom. The topological polar surface area (TPSA) is 0 Å². The Kier molecular flexibility index (Phi) is 18.1. The first kappa shape index (κ1) is 46.9. The SMILES string of the molecule is c1ccc(C(CP(c2ccccc2)c2ccccc2)C(C(CCP(C2CCCCC2)C2CCCCC2)P(C2CCCCC2)C2CCCCC2)P(c2ccccc2)c2ccccc2)cc1. The first-order chi connectivity index (χ1) is 31.8. The van der Waals surface area contributed by atoms with Crippen molar-refractivity contribution in [2.24, 2.45) is 0 Å². The molecule has 0 amide bonds. The maximum Gasteiger partial charge on any atom is 0.00116 e. The van der Waals surface area contributed by atoms with Crippen LogP contribution in [0.5, 0.6) is 0 Å². The van der Waals surface area contributed by atoms with E-state index in [1.54, 1.807) is 32.9 Å². The van der Waals surface area contributed by atoms with Crippen molar-refractivity contribution in [2.75, 3.05) is 12.3 Å². The molecule has 4 saturated carbocycles. The second kappa shape index (κ2) is 24.7. The van der Waals surface area contributed by atoms with Crippen molar-refractivity contribution in [3.05, 3.63) is 157 Å². The van der Waals surface area contributed by atoms with Gasteiger partial charge in [-0.25, -0.2) is 0 Å². The van der Waals surface area contributed by atoms with Gasteiger partial charge in [-0.05, 0) is 147 Å². The molecule has 3 atom stereocenters. The summed E-state index contributed by atoms with van der Waals surface area (Å²) in [6.07, 6.45) is 34.0. The quantitative estimate of drug-likeness (QED) is 0.0768. The Morgan fingerprint density at radius 1 is 0.375 bits per heavy atom. The van der Waals surface area contributed by atoms with Gasteiger partial charge in [0, 0.05) is 5.66 Å². The molecule has 9 rings (SSSR count). The van der Waals surface area contributed by atoms with Crippen LogP contribution in [0.4, 0.5) is 0 Å². The number of hydrogen-bond donors (Lipinski definition) is 0. The Hall–Kier alpha value is -2.18. The van der Waals surface area contributed by atoms with Crippen molar-refractivity contribution < 1.29 is 0 Å². The summed E-state index contributed by atoms with van der Waals surface area (Å²) < 4.78 is 0. The van der Waals surface area contributed by atoms with Gasteiger partial charge in [-0.3, -0.25) is 0 Å². The lowest BCUT2D eigenvalue weighted by molar-refractivity contribution is 0.475. The standard InChI is InChI=1S/C60H78P4/c1-10-28-49(29-11-1)58(48-62(52-34-16-4-17-35-52)53-36-18-5-19-37-53)60(64(56-42-24-8-25-43-56)57-44-26-9-27-45-57)59(63(54-38-20-6-21-39-54)55-40-22-7-23-41-55)46-47-61(50-30-12-2-13-31-50)51-32-14-3-15-33-51/h1,4-5,8-11,16-19,24-29,34-37,42-45,50-51,54-55,58-60H,2-3,6-7,12-15,20-23,30-33,38-41,46-48H2. The monoisotopic (exact) mass is 923 g/mol. The highest BCUT2D eigenvalue weighted by Gasteiger charge is 2.47. The van der Waals surface area contributed by atoms with E-state index in [1.165, 1.54) is 141 Å². The van der Waals surface area contributed by atoms with Crippen LogP contribution in [0.25, 0.3) is 0 Å². The number of rotatable bonds is 18. The molecule has 0 aliphatic heterocycles. The van der Waals surface area contributed by atoms with E-state index in [9.17, 15) is 0 Å². The maximum atomic E-state index is 2.59. The summed E-state index contributed by atoms with van der Waals surface area (Å²) in [7, 11) is -1.47. The van der Waals surface area contributed by atoms with Gasteiger partial charge >= 0.3 is 0 Å². The Morgan fingerprint density at radius 3 is 1.11 bits per heavy atom. The largest absolute Gasteiger partial charge is 0.100 e. The predicted octanol–water partition coefficient (Wildman–Crippen LogP) is 16.5. The van der Waals surface area contributed by atoms with Gasteiger partial charge in [-0.2, -0.15) is 0 Å². The molecule has 64 heavy (non-hydrogen) atoms. The Labute approximate surface area is 395 Å². The molecule has 338 valence electrons. The van der Waals surface area contributed by atoms with Crippen molar-refractivity contribution in [2.45, 2.75) is 175 Å². The van der Waals surface area contributed by atoms with Crippen LogP contribution in [0, 0.1) is 0 Å². The molecular weight excluding hydrogens is 845 g/mol. The Bertz CT molecular complexity index is 1900. The molecule has 4 aliphatic rings. The van der Waals surface area contributed by atoms with E-state index < -0.39 is 15.8 Å². The summed E-state index contributed by atoms with van der Waals surface area (Å²) in [5.41, 5.74) is 6.84. The lowest BCUT2D eigenvalue weighted by Gasteiger charge is -2.51. The molecule has 0 aromatic heterocycles. The van der Waals surface area contributed by atoms with Crippen molar-refractivity contribution >= 4 is 52.9 Å². The normalized spacial score (nSPS) is 20.2. The second-order valence-electron chi connectivity index (χ2n) is 20.0. The lowest BCUT2D eigenvalue weighted by atomic mass is 9.94. The molecule has 4 heteroatoms. The van der Waals surface area contributed by atoms with Crippen LogP contribution in [0.15, 0.2) is 152 Å². The lowest BCUT2D eigenvalue weighted by Crippen LogP contribution is -2.42. The average molecular weight is 923 g/mol. The smallest absolute Gasteiger partial charge is 0.00116 e. The summed E-state index contributed by atoms with van der Waals surface area (Å²) in [6.45, 7) is 0. The summed E-state index contributed by atoms with van der Waals surface area (Å²) in [5, 5.41) is 6.33. The van der Waals surface area contributed by atoms with Gasteiger partial charge in [0.1, 0.15) is 0 Å². The summed E-state index contributed by atoms with van der Waals surface area (Å²) in [6, 6.07) is 60.3. The number of hydrogen-bond acceptors (Lipinski definition) is 0. The second-order valence-corrected chi connectivity index (χ2v) is 30.6. The van der Waals surface area contributed by atoms with Crippen molar-refractivity contribution in [1.29, 1.82) is 0 Å². The number of benzene rings is 5. The molecule has 0 bridgehead atoms. The molecule has 0 spiro atoms. The van der Waals surface area contributed by atoms with E-state index in [0.717, 1.165) is 28.3 Å². The summed E-state index contributed by atoms with van der Waals surface area (Å²) in [5.74, 6) is 0.456. The van der Waals surface area contributed by atoms with E-state index in [0.29, 0.717) is 11.6 Å². The van der Waals surface area contributed by atoms with Crippen LogP contribution < -0.4 is 21.2 Å². The molecule has 4 aliphatic carbocycles. The van der Waals surface area contributed by atoms with E-state index >= 15 is 0 Å². The highest BCUT2D eigenvalue weighted by molar-refractivity contribution is 7.75. The molecular formula is C60H78P4. The minimum atomic E-state index is -0.686. The predicted molar refractivity (Wildman–Crippen MR) is 291 cm³/mol. The third-order valence-electron chi connectivity index (χ3n) is 16.1. The van der Waals surface area contributed by atoms with Crippen LogP contribution in [-0.4, -0.2) is 46.3 Å². The summed E-state index contributed by atoms with van der Waals surface area (Å²) >= 11 is 0. The van der Waals surface area contributed by atoms with Crippen LogP contribution in [0.2, 0.25) is 0 Å². The zero-order valence-corrected chi connectivity index (χ0v) is 42.6. The van der Waals surface area contributed by atoms with Gasteiger partial charge < -0.3 is 0 Å². The van der Waals surface area contributed by atoms with Crippen LogP contribution >= 0.6 is 31.7 Å². The molecule has 0 N–H and O–H groups in total. The molecule has 3 unspecified atom stereocenters. The fourth-order valence-electron chi connectivity index (χ4n) is 13.0. The maximum absolute atomic E-state index is 2.59. The third-order valence-corrected chi connectivity index (χ3v) is 29.7. The fourth-order valence-corrected chi connectivity index (χ4v) is 28.5. The van der Waals surface area contributed by atoms with Crippen molar-refractivity contribution in [3.8, 4) is 0 Å². The van der Waals surface area contributed by atoms with Gasteiger partial charge in [-0.1, -0.05) is 237 Å². The van der Waals surface area contributed by atoms with E-state index in [4.69, 9.17) is 0 Å². The third kappa shape index (κ3) is 12.1. The molecule has 5 aromatic carbocycles. The van der Waals surface area contributed by atoms with E-state index in [2.05, 4.69) is 152 Å². The average Bonchev–Trinajstić information content (AvgIpc) is 3.38. The van der Waals surface area contributed by atoms with Crippen LogP contribution in [0.1, 0.15) is 146 Å². The first-order valence-corrected chi connectivity index (χ1v) is 32.3. The van der Waals surface area contributed by atoms with Gasteiger partial charge in [0.25, 0.3) is 0 Å². The van der Waals surface area contributed by atoms with Gasteiger partial charge in [0.05, 0.1) is 0 Å². The van der Waals surface area contributed by atoms with Gasteiger partial charge in [-0.15, -0.1) is 7.92 Å². The van der Waals surface area contributed by atoms with Gasteiger partial charge in [0.15, 0.2) is 0 Å². The fraction of sp³-hybridized carbons (Fsp3) is 0.500. The molecule has 0 radical (unpaired) electrons. The van der Waals surface area contributed by atoms with Crippen molar-refractivity contribution in [1.82, 2.24) is 0 Å². The summed E-state index contributed by atoms with van der Waals surface area (Å²) in [4.78, 5) is 0. The highest BCUT2D eigenvalue weighted by atomic mass is 31.1. The Balaban J connectivity index is 1.27. The van der Waals surface area contributed by atoms with Crippen molar-refractivity contribution in [3.63, 3.8) is 0 Å². The zero-order chi connectivity index (χ0) is 43.2. The molecule has 4 fully saturated rings. The molecule has 5 aromatic rings.